The van der Waals surface area contributed by atoms with Crippen molar-refractivity contribution in [3.05, 3.63) is 58.2 Å². The summed E-state index contributed by atoms with van der Waals surface area (Å²) in [6, 6.07) is 3.58. The smallest absolute Gasteiger partial charge is 0.343 e. The number of benzene rings is 2. The van der Waals surface area contributed by atoms with Crippen LogP contribution in [0.5, 0.6) is 11.5 Å². The number of carboxylic acid groups (broad SMARTS) is 1. The molecule has 0 unspecified atom stereocenters. The quantitative estimate of drug-likeness (QED) is 0.735. The van der Waals surface area contributed by atoms with Gasteiger partial charge in [-0.15, -0.1) is 0 Å². The van der Waals surface area contributed by atoms with Gasteiger partial charge in [0.1, 0.15) is 17.1 Å². The fourth-order valence-electron chi connectivity index (χ4n) is 2.40. The SMILES string of the molecule is CC(C)(C)c1cc(C(=O)c2ccc(F)c(F)c2)c(O)c(C(=O)O)c1O. The van der Waals surface area contributed by atoms with Crippen LogP contribution < -0.4 is 0 Å². The van der Waals surface area contributed by atoms with Gasteiger partial charge in [0.05, 0.1) is 5.56 Å². The number of hydrogen-bond donors (Lipinski definition) is 3. The Labute approximate surface area is 142 Å². The first-order valence-corrected chi connectivity index (χ1v) is 7.27. The summed E-state index contributed by atoms with van der Waals surface area (Å²) in [5.74, 6) is -6.51. The van der Waals surface area contributed by atoms with E-state index in [0.717, 1.165) is 18.2 Å². The molecule has 0 spiro atoms. The van der Waals surface area contributed by atoms with Crippen molar-refractivity contribution >= 4 is 11.8 Å². The van der Waals surface area contributed by atoms with Crippen molar-refractivity contribution in [1.29, 1.82) is 0 Å². The summed E-state index contributed by atoms with van der Waals surface area (Å²) in [5, 5.41) is 29.6. The minimum Gasteiger partial charge on any atom is -0.507 e. The van der Waals surface area contributed by atoms with Crippen LogP contribution in [-0.2, 0) is 5.41 Å². The first kappa shape index (κ1) is 18.4. The second kappa shape index (κ2) is 6.16. The topological polar surface area (TPSA) is 94.8 Å². The Hall–Kier alpha value is -2.96. The molecule has 132 valence electrons. The lowest BCUT2D eigenvalue weighted by molar-refractivity contribution is 0.0690. The highest BCUT2D eigenvalue weighted by Gasteiger charge is 2.30. The number of aromatic carboxylic acids is 1. The van der Waals surface area contributed by atoms with Crippen LogP contribution in [0.3, 0.4) is 0 Å². The predicted octanol–water partition coefficient (Wildman–Crippen LogP) is 3.60. The van der Waals surface area contributed by atoms with E-state index in [1.807, 2.05) is 0 Å². The predicted molar refractivity (Wildman–Crippen MR) is 85.2 cm³/mol. The molecule has 0 saturated carbocycles. The highest BCUT2D eigenvalue weighted by atomic mass is 19.2. The molecule has 0 amide bonds. The van der Waals surface area contributed by atoms with Crippen LogP contribution in [0, 0.1) is 11.6 Å². The number of carbonyl (C=O) groups is 2. The summed E-state index contributed by atoms with van der Waals surface area (Å²) in [7, 11) is 0. The van der Waals surface area contributed by atoms with E-state index < -0.39 is 51.4 Å². The van der Waals surface area contributed by atoms with Crippen molar-refractivity contribution in [1.82, 2.24) is 0 Å². The van der Waals surface area contributed by atoms with Gasteiger partial charge in [-0.1, -0.05) is 20.8 Å². The minimum absolute atomic E-state index is 0.119. The maximum Gasteiger partial charge on any atom is 0.343 e. The van der Waals surface area contributed by atoms with Gasteiger partial charge in [-0.05, 0) is 29.7 Å². The van der Waals surface area contributed by atoms with Crippen molar-refractivity contribution < 1.29 is 33.7 Å². The molecule has 0 aliphatic heterocycles. The van der Waals surface area contributed by atoms with Crippen LogP contribution >= 0.6 is 0 Å². The highest BCUT2D eigenvalue weighted by molar-refractivity contribution is 6.13. The summed E-state index contributed by atoms with van der Waals surface area (Å²) in [4.78, 5) is 24.0. The van der Waals surface area contributed by atoms with Crippen LogP contribution in [0.2, 0.25) is 0 Å². The average molecular weight is 350 g/mol. The normalized spacial score (nSPS) is 11.4. The van der Waals surface area contributed by atoms with E-state index in [1.54, 1.807) is 20.8 Å². The van der Waals surface area contributed by atoms with E-state index in [2.05, 4.69) is 0 Å². The van der Waals surface area contributed by atoms with Gasteiger partial charge in [-0.2, -0.15) is 0 Å². The van der Waals surface area contributed by atoms with Crippen LogP contribution in [0.1, 0.15) is 52.6 Å². The molecule has 0 aromatic heterocycles. The molecule has 0 heterocycles. The van der Waals surface area contributed by atoms with Gasteiger partial charge in [-0.25, -0.2) is 13.6 Å². The van der Waals surface area contributed by atoms with Gasteiger partial charge in [0.25, 0.3) is 0 Å². The maximum absolute atomic E-state index is 13.4. The zero-order valence-electron chi connectivity index (χ0n) is 13.7. The number of rotatable bonds is 3. The number of aromatic hydroxyl groups is 2. The van der Waals surface area contributed by atoms with Crippen molar-refractivity contribution in [2.24, 2.45) is 0 Å². The van der Waals surface area contributed by atoms with E-state index in [1.165, 1.54) is 0 Å². The van der Waals surface area contributed by atoms with Crippen molar-refractivity contribution in [3.8, 4) is 11.5 Å². The lowest BCUT2D eigenvalue weighted by Gasteiger charge is -2.23. The number of carboxylic acids is 1. The summed E-state index contributed by atoms with van der Waals surface area (Å²) in [6.07, 6.45) is 0. The fraction of sp³-hybridized carbons (Fsp3) is 0.222. The summed E-state index contributed by atoms with van der Waals surface area (Å²) in [6.45, 7) is 5.03. The van der Waals surface area contributed by atoms with E-state index in [-0.39, 0.29) is 11.1 Å². The Morgan fingerprint density at radius 1 is 0.960 bits per heavy atom. The highest BCUT2D eigenvalue weighted by Crippen LogP contribution is 2.40. The second-order valence-electron chi connectivity index (χ2n) is 6.56. The zero-order valence-corrected chi connectivity index (χ0v) is 13.7. The number of hydrogen-bond acceptors (Lipinski definition) is 4. The molecular formula is C18H16F2O5. The molecule has 0 atom stereocenters. The van der Waals surface area contributed by atoms with Crippen LogP contribution in [-0.4, -0.2) is 27.1 Å². The van der Waals surface area contributed by atoms with Crippen LogP contribution in [0.15, 0.2) is 24.3 Å². The van der Waals surface area contributed by atoms with Gasteiger partial charge in [0.2, 0.25) is 0 Å². The molecule has 0 saturated heterocycles. The number of carbonyl (C=O) groups excluding carboxylic acids is 1. The lowest BCUT2D eigenvalue weighted by atomic mass is 9.82. The molecule has 2 aromatic rings. The lowest BCUT2D eigenvalue weighted by Crippen LogP contribution is -2.16. The first-order chi connectivity index (χ1) is 11.4. The molecule has 0 aliphatic rings. The summed E-state index contributed by atoms with van der Waals surface area (Å²) in [5.41, 5.74) is -2.14. The Kier molecular flexibility index (Phi) is 4.53. The fourth-order valence-corrected chi connectivity index (χ4v) is 2.40. The molecule has 0 aliphatic carbocycles. The molecule has 25 heavy (non-hydrogen) atoms. The van der Waals surface area contributed by atoms with Crippen molar-refractivity contribution in [2.45, 2.75) is 26.2 Å². The molecule has 2 rings (SSSR count). The number of phenols is 2. The molecule has 0 fully saturated rings. The number of ketones is 1. The van der Waals surface area contributed by atoms with Crippen LogP contribution in [0.4, 0.5) is 8.78 Å². The Bertz CT molecular complexity index is 882. The van der Waals surface area contributed by atoms with E-state index in [4.69, 9.17) is 0 Å². The zero-order chi connectivity index (χ0) is 19.1. The third kappa shape index (κ3) is 3.31. The molecule has 2 aromatic carbocycles. The van der Waals surface area contributed by atoms with E-state index >= 15 is 0 Å². The standard InChI is InChI=1S/C18H16F2O5/c1-18(2,3)10-7-9(15(22)13(16(10)23)17(24)25)14(21)8-4-5-11(19)12(20)6-8/h4-7,22-23H,1-3H3,(H,24,25). The van der Waals surface area contributed by atoms with Gasteiger partial charge >= 0.3 is 5.97 Å². The van der Waals surface area contributed by atoms with E-state index in [9.17, 15) is 33.7 Å². The average Bonchev–Trinajstić information content (AvgIpc) is 2.48. The molecule has 0 bridgehead atoms. The summed E-state index contributed by atoms with van der Waals surface area (Å²) < 4.78 is 26.4. The number of halogens is 2. The van der Waals surface area contributed by atoms with E-state index in [0.29, 0.717) is 6.07 Å². The molecular weight excluding hydrogens is 334 g/mol. The second-order valence-corrected chi connectivity index (χ2v) is 6.56. The third-order valence-electron chi connectivity index (χ3n) is 3.72. The van der Waals surface area contributed by atoms with Crippen LogP contribution in [0.25, 0.3) is 0 Å². The maximum atomic E-state index is 13.4. The minimum atomic E-state index is -1.62. The van der Waals surface area contributed by atoms with Gasteiger partial charge in [0, 0.05) is 11.1 Å². The van der Waals surface area contributed by atoms with Gasteiger partial charge < -0.3 is 15.3 Å². The first-order valence-electron chi connectivity index (χ1n) is 7.27. The molecule has 3 N–H and O–H groups in total. The summed E-state index contributed by atoms with van der Waals surface area (Å²) >= 11 is 0. The Morgan fingerprint density at radius 2 is 1.56 bits per heavy atom. The van der Waals surface area contributed by atoms with Crippen molar-refractivity contribution in [3.63, 3.8) is 0 Å². The molecule has 5 nitrogen and oxygen atoms in total. The van der Waals surface area contributed by atoms with Gasteiger partial charge in [0.15, 0.2) is 17.4 Å². The molecule has 0 radical (unpaired) electrons. The third-order valence-corrected chi connectivity index (χ3v) is 3.72. The van der Waals surface area contributed by atoms with Crippen molar-refractivity contribution in [2.75, 3.05) is 0 Å². The molecule has 7 heteroatoms. The van der Waals surface area contributed by atoms with Gasteiger partial charge in [-0.3, -0.25) is 4.79 Å². The monoisotopic (exact) mass is 350 g/mol. The largest absolute Gasteiger partial charge is 0.507 e. The Morgan fingerprint density at radius 3 is 2.04 bits per heavy atom. The Balaban J connectivity index is 2.76.